The summed E-state index contributed by atoms with van der Waals surface area (Å²) in [6.07, 6.45) is 7.86. The molecule has 1 fully saturated rings. The average molecular weight is 551 g/mol. The lowest BCUT2D eigenvalue weighted by molar-refractivity contribution is 0.0823. The number of fused-ring (bicyclic) bond motifs is 1. The Morgan fingerprint density at radius 2 is 1.90 bits per heavy atom. The number of aromatic amines is 1. The Hall–Kier alpha value is -4.15. The lowest BCUT2D eigenvalue weighted by Gasteiger charge is -2.32. The zero-order valence-corrected chi connectivity index (χ0v) is 22.9. The van der Waals surface area contributed by atoms with Gasteiger partial charge in [-0.1, -0.05) is 31.8 Å². The molecule has 2 amide bonds. The van der Waals surface area contributed by atoms with Crippen LogP contribution in [0.5, 0.6) is 0 Å². The van der Waals surface area contributed by atoms with E-state index in [1.54, 1.807) is 6.07 Å². The first-order chi connectivity index (χ1) is 19.2. The summed E-state index contributed by atoms with van der Waals surface area (Å²) in [6.45, 7) is 4.10. The second-order valence-electron chi connectivity index (χ2n) is 10.7. The fourth-order valence-electron chi connectivity index (χ4n) is 5.44. The number of nitrogens with zero attached hydrogens (tertiary/aromatic N) is 4. The summed E-state index contributed by atoms with van der Waals surface area (Å²) in [5, 5.41) is 7.01. The molecule has 9 nitrogen and oxygen atoms in total. The summed E-state index contributed by atoms with van der Waals surface area (Å²) in [5.41, 5.74) is 1.14. The second-order valence-corrected chi connectivity index (χ2v) is 10.7. The first-order valence-electron chi connectivity index (χ1n) is 13.5. The molecule has 0 saturated heterocycles. The van der Waals surface area contributed by atoms with Crippen LogP contribution in [0.1, 0.15) is 77.8 Å². The highest BCUT2D eigenvalue weighted by molar-refractivity contribution is 6.01. The first-order valence-corrected chi connectivity index (χ1v) is 13.5. The molecule has 2 N–H and O–H groups in total. The lowest BCUT2D eigenvalue weighted by Crippen LogP contribution is -2.36. The van der Waals surface area contributed by atoms with Crippen molar-refractivity contribution >= 4 is 22.8 Å². The van der Waals surface area contributed by atoms with Crippen LogP contribution in [0.15, 0.2) is 35.3 Å². The monoisotopic (exact) mass is 550 g/mol. The van der Waals surface area contributed by atoms with Gasteiger partial charge >= 0.3 is 0 Å². The number of aromatic nitrogens is 4. The van der Waals surface area contributed by atoms with Gasteiger partial charge in [-0.2, -0.15) is 0 Å². The molecule has 1 aliphatic carbocycles. The van der Waals surface area contributed by atoms with E-state index in [4.69, 9.17) is 4.52 Å². The topological polar surface area (TPSA) is 117 Å². The van der Waals surface area contributed by atoms with Crippen molar-refractivity contribution in [2.24, 2.45) is 11.8 Å². The molecule has 0 spiro atoms. The standard InChI is InChI=1S/C29H32F2N6O3/c1-5-21-19(14-40-36-21)28(38)35-25(16-8-6-15(2)7-9-16)27-33-22-11-10-17(24(31)26(22)34-27)18-12-32-13-20(30)23(18)29(39)37(3)4/h10-16,25H,5-9H2,1-4H3,(H,33,34)(H,35,38)/t15-,16-,25-/m0/s1. The predicted molar refractivity (Wildman–Crippen MR) is 144 cm³/mol. The highest BCUT2D eigenvalue weighted by Crippen LogP contribution is 2.38. The lowest BCUT2D eigenvalue weighted by atomic mass is 9.79. The Balaban J connectivity index is 1.56. The van der Waals surface area contributed by atoms with Gasteiger partial charge in [0.05, 0.1) is 29.0 Å². The van der Waals surface area contributed by atoms with E-state index in [-0.39, 0.29) is 34.0 Å². The molecule has 5 rings (SSSR count). The number of hydrogen-bond acceptors (Lipinski definition) is 6. The number of rotatable bonds is 7. The maximum absolute atomic E-state index is 16.0. The van der Waals surface area contributed by atoms with Gasteiger partial charge in [-0.15, -0.1) is 0 Å². The van der Waals surface area contributed by atoms with Crippen LogP contribution in [0, 0.1) is 23.5 Å². The Labute approximate surface area is 230 Å². The SMILES string of the molecule is CCc1nocc1C(=O)N[C@H](c1nc2c(F)c(-c3cncc(F)c3C(=O)N(C)C)ccc2[nH]1)[C@H]1CC[C@H](C)CC1. The van der Waals surface area contributed by atoms with Crippen molar-refractivity contribution < 1.29 is 22.9 Å². The van der Waals surface area contributed by atoms with Gasteiger partial charge in [-0.3, -0.25) is 14.6 Å². The van der Waals surface area contributed by atoms with Crippen molar-refractivity contribution in [1.29, 1.82) is 0 Å². The molecule has 0 bridgehead atoms. The van der Waals surface area contributed by atoms with Crippen LogP contribution in [0.25, 0.3) is 22.2 Å². The molecule has 3 heterocycles. The van der Waals surface area contributed by atoms with Crippen LogP contribution in [0.4, 0.5) is 8.78 Å². The number of aryl methyl sites for hydroxylation is 1. The predicted octanol–water partition coefficient (Wildman–Crippen LogP) is 5.45. The fraction of sp³-hybridized carbons (Fsp3) is 0.414. The van der Waals surface area contributed by atoms with Gasteiger partial charge in [0.2, 0.25) is 0 Å². The van der Waals surface area contributed by atoms with Crippen LogP contribution in [0.2, 0.25) is 0 Å². The quantitative estimate of drug-likeness (QED) is 0.316. The Bertz CT molecular complexity index is 1550. The summed E-state index contributed by atoms with van der Waals surface area (Å²) in [7, 11) is 2.99. The van der Waals surface area contributed by atoms with E-state index in [1.165, 1.54) is 37.5 Å². The molecule has 11 heteroatoms. The molecular weight excluding hydrogens is 518 g/mol. The van der Waals surface area contributed by atoms with Crippen LogP contribution in [-0.2, 0) is 6.42 Å². The average Bonchev–Trinajstić information content (AvgIpc) is 3.60. The number of hydrogen-bond donors (Lipinski definition) is 2. The molecule has 0 radical (unpaired) electrons. The van der Waals surface area contributed by atoms with E-state index in [9.17, 15) is 14.0 Å². The highest BCUT2D eigenvalue weighted by Gasteiger charge is 2.32. The van der Waals surface area contributed by atoms with Crippen molar-refractivity contribution in [1.82, 2.24) is 30.3 Å². The first kappa shape index (κ1) is 27.4. The maximum Gasteiger partial charge on any atom is 0.257 e. The second kappa shape index (κ2) is 11.1. The van der Waals surface area contributed by atoms with E-state index < -0.39 is 23.6 Å². The number of carbonyl (C=O) groups excluding carboxylic acids is 2. The summed E-state index contributed by atoms with van der Waals surface area (Å²) in [4.78, 5) is 38.9. The maximum atomic E-state index is 16.0. The molecule has 4 aromatic rings. The molecule has 1 aromatic carbocycles. The molecule has 1 aliphatic rings. The number of carbonyl (C=O) groups is 2. The van der Waals surface area contributed by atoms with Gasteiger partial charge in [0.25, 0.3) is 11.8 Å². The number of H-pyrrole nitrogens is 1. The Kier molecular flexibility index (Phi) is 7.64. The van der Waals surface area contributed by atoms with Crippen molar-refractivity contribution in [3.05, 3.63) is 65.1 Å². The minimum absolute atomic E-state index is 0.00638. The smallest absolute Gasteiger partial charge is 0.257 e. The zero-order chi connectivity index (χ0) is 28.6. The molecule has 0 unspecified atom stereocenters. The summed E-state index contributed by atoms with van der Waals surface area (Å²) in [6, 6.07) is 2.61. The third kappa shape index (κ3) is 5.07. The number of pyridine rings is 1. The van der Waals surface area contributed by atoms with Gasteiger partial charge in [0, 0.05) is 31.4 Å². The van der Waals surface area contributed by atoms with Crippen LogP contribution < -0.4 is 5.32 Å². The van der Waals surface area contributed by atoms with Crippen LogP contribution in [-0.4, -0.2) is 50.9 Å². The number of imidazole rings is 1. The molecule has 40 heavy (non-hydrogen) atoms. The minimum Gasteiger partial charge on any atom is -0.364 e. The number of halogens is 2. The van der Waals surface area contributed by atoms with Gasteiger partial charge in [-0.05, 0) is 43.2 Å². The van der Waals surface area contributed by atoms with E-state index in [1.807, 2.05) is 6.92 Å². The van der Waals surface area contributed by atoms with Gasteiger partial charge in [-0.25, -0.2) is 13.8 Å². The van der Waals surface area contributed by atoms with E-state index >= 15 is 4.39 Å². The van der Waals surface area contributed by atoms with Gasteiger partial charge < -0.3 is 19.7 Å². The Morgan fingerprint density at radius 1 is 1.15 bits per heavy atom. The van der Waals surface area contributed by atoms with Crippen LogP contribution >= 0.6 is 0 Å². The Morgan fingerprint density at radius 3 is 2.60 bits per heavy atom. The van der Waals surface area contributed by atoms with Crippen molar-refractivity contribution in [2.75, 3.05) is 14.1 Å². The molecular formula is C29H32F2N6O3. The summed E-state index contributed by atoms with van der Waals surface area (Å²) in [5.74, 6) is -1.39. The van der Waals surface area contributed by atoms with Crippen molar-refractivity contribution in [2.45, 2.75) is 52.0 Å². The largest absolute Gasteiger partial charge is 0.364 e. The normalized spacial score (nSPS) is 18.1. The zero-order valence-electron chi connectivity index (χ0n) is 22.9. The van der Waals surface area contributed by atoms with Gasteiger partial charge in [0.1, 0.15) is 23.2 Å². The van der Waals surface area contributed by atoms with Crippen molar-refractivity contribution in [3.8, 4) is 11.1 Å². The number of benzene rings is 1. The van der Waals surface area contributed by atoms with E-state index in [0.717, 1.165) is 31.9 Å². The van der Waals surface area contributed by atoms with E-state index in [2.05, 4.69) is 32.3 Å². The highest BCUT2D eigenvalue weighted by atomic mass is 19.1. The van der Waals surface area contributed by atoms with Gasteiger partial charge in [0.15, 0.2) is 11.6 Å². The minimum atomic E-state index is -0.840. The molecule has 1 atom stereocenters. The summed E-state index contributed by atoms with van der Waals surface area (Å²) < 4.78 is 35.8. The summed E-state index contributed by atoms with van der Waals surface area (Å²) >= 11 is 0. The van der Waals surface area contributed by atoms with E-state index in [0.29, 0.717) is 34.9 Å². The third-order valence-electron chi connectivity index (χ3n) is 7.76. The van der Waals surface area contributed by atoms with Crippen molar-refractivity contribution in [3.63, 3.8) is 0 Å². The van der Waals surface area contributed by atoms with Crippen LogP contribution in [0.3, 0.4) is 0 Å². The molecule has 0 aliphatic heterocycles. The third-order valence-corrected chi connectivity index (χ3v) is 7.76. The molecule has 210 valence electrons. The number of nitrogens with one attached hydrogen (secondary N) is 2. The number of amides is 2. The molecule has 1 saturated carbocycles. The fourth-order valence-corrected chi connectivity index (χ4v) is 5.44. The molecule has 3 aromatic heterocycles.